The molecule has 35 heavy (non-hydrogen) atoms. The topological polar surface area (TPSA) is 190 Å². The summed E-state index contributed by atoms with van der Waals surface area (Å²) in [6, 6.07) is -0.410. The number of hydrogen-bond acceptors (Lipinski definition) is 8. The molecule has 1 heterocycles. The van der Waals surface area contributed by atoms with E-state index in [0.717, 1.165) is 18.4 Å². The zero-order valence-corrected chi connectivity index (χ0v) is 20.6. The first-order chi connectivity index (χ1) is 16.2. The number of sulfonamides is 1. The molecule has 13 nitrogen and oxygen atoms in total. The molecule has 2 atom stereocenters. The van der Waals surface area contributed by atoms with E-state index in [4.69, 9.17) is 28.3 Å². The number of phenolic OH excluding ortho intramolecular Hbond substituents is 1. The molecule has 192 valence electrons. The smallest absolute Gasteiger partial charge is 0.305 e. The SMILES string of the molecule is CS(=O)(=O)N1CCC[C@H](NC(=O)c2cc(Cl)c(O)c(Cl)c2)C(=O)N1CC(=O)N[C@H](C=O)CC(=O)O. The average Bonchev–Trinajstić information content (AvgIpc) is 2.90. The highest BCUT2D eigenvalue weighted by Gasteiger charge is 2.38. The van der Waals surface area contributed by atoms with Crippen molar-refractivity contribution in [3.05, 3.63) is 27.7 Å². The summed E-state index contributed by atoms with van der Waals surface area (Å²) >= 11 is 11.7. The molecule has 2 rings (SSSR count). The number of hydrogen-bond donors (Lipinski definition) is 4. The van der Waals surface area contributed by atoms with Crippen LogP contribution in [0.1, 0.15) is 29.6 Å². The van der Waals surface area contributed by atoms with E-state index in [1.54, 1.807) is 0 Å². The predicted molar refractivity (Wildman–Crippen MR) is 122 cm³/mol. The summed E-state index contributed by atoms with van der Waals surface area (Å²) in [7, 11) is -4.03. The van der Waals surface area contributed by atoms with Gasteiger partial charge in [-0.15, -0.1) is 4.41 Å². The van der Waals surface area contributed by atoms with Gasteiger partial charge in [-0.25, -0.2) is 8.42 Å². The molecular weight excluding hydrogens is 531 g/mol. The maximum absolute atomic E-state index is 13.2. The van der Waals surface area contributed by atoms with Crippen LogP contribution >= 0.6 is 23.2 Å². The van der Waals surface area contributed by atoms with Gasteiger partial charge in [0, 0.05) is 12.1 Å². The fourth-order valence-electron chi connectivity index (χ4n) is 3.25. The van der Waals surface area contributed by atoms with Crippen LogP contribution < -0.4 is 10.6 Å². The molecule has 0 saturated carbocycles. The van der Waals surface area contributed by atoms with E-state index < -0.39 is 64.5 Å². The number of phenols is 1. The van der Waals surface area contributed by atoms with Crippen molar-refractivity contribution in [3.8, 4) is 5.75 Å². The number of carbonyl (C=O) groups excluding carboxylic acids is 4. The molecule has 1 aliphatic heterocycles. The number of aldehydes is 1. The minimum atomic E-state index is -4.03. The highest BCUT2D eigenvalue weighted by Crippen LogP contribution is 2.32. The van der Waals surface area contributed by atoms with Crippen LogP contribution in [0.3, 0.4) is 0 Å². The molecule has 1 saturated heterocycles. The van der Waals surface area contributed by atoms with Gasteiger partial charge in [-0.2, -0.15) is 0 Å². The van der Waals surface area contributed by atoms with Crippen molar-refractivity contribution in [2.24, 2.45) is 0 Å². The second kappa shape index (κ2) is 11.7. The van der Waals surface area contributed by atoms with E-state index >= 15 is 0 Å². The molecule has 1 fully saturated rings. The summed E-state index contributed by atoms with van der Waals surface area (Å²) < 4.78 is 25.2. The molecule has 0 aromatic heterocycles. The van der Waals surface area contributed by atoms with E-state index in [1.165, 1.54) is 0 Å². The fraction of sp³-hybridized carbons (Fsp3) is 0.421. The lowest BCUT2D eigenvalue weighted by atomic mass is 10.1. The van der Waals surface area contributed by atoms with Crippen molar-refractivity contribution < 1.29 is 42.6 Å². The summed E-state index contributed by atoms with van der Waals surface area (Å²) in [4.78, 5) is 60.2. The van der Waals surface area contributed by atoms with Gasteiger partial charge in [0.15, 0.2) is 5.75 Å². The van der Waals surface area contributed by atoms with Crippen LogP contribution in [-0.2, 0) is 29.2 Å². The third kappa shape index (κ3) is 7.52. The van der Waals surface area contributed by atoms with Crippen molar-refractivity contribution >= 4 is 63.2 Å². The van der Waals surface area contributed by atoms with Crippen LogP contribution in [0, 0.1) is 0 Å². The molecule has 0 spiro atoms. The second-order valence-corrected chi connectivity index (χ2v) is 10.3. The molecule has 16 heteroatoms. The number of aliphatic carboxylic acids is 1. The van der Waals surface area contributed by atoms with E-state index in [1.807, 2.05) is 0 Å². The maximum Gasteiger partial charge on any atom is 0.305 e. The van der Waals surface area contributed by atoms with E-state index in [9.17, 15) is 37.5 Å². The summed E-state index contributed by atoms with van der Waals surface area (Å²) in [6.45, 7) is -1.05. The Labute approximate surface area is 210 Å². The van der Waals surface area contributed by atoms with Crippen LogP contribution in [0.4, 0.5) is 0 Å². The van der Waals surface area contributed by atoms with Gasteiger partial charge >= 0.3 is 5.97 Å². The van der Waals surface area contributed by atoms with Crippen LogP contribution in [0.25, 0.3) is 0 Å². The fourth-order valence-corrected chi connectivity index (χ4v) is 4.69. The third-order valence-electron chi connectivity index (χ3n) is 4.83. The molecule has 1 aromatic rings. The highest BCUT2D eigenvalue weighted by atomic mass is 35.5. The van der Waals surface area contributed by atoms with Gasteiger partial charge in [-0.05, 0) is 25.0 Å². The van der Waals surface area contributed by atoms with E-state index in [0.29, 0.717) is 9.42 Å². The van der Waals surface area contributed by atoms with Crippen molar-refractivity contribution in [1.29, 1.82) is 0 Å². The summed E-state index contributed by atoms with van der Waals surface area (Å²) in [5.74, 6) is -4.52. The van der Waals surface area contributed by atoms with Gasteiger partial charge < -0.3 is 25.6 Å². The molecule has 3 amide bonds. The van der Waals surface area contributed by atoms with Crippen LogP contribution in [0.5, 0.6) is 5.75 Å². The number of nitrogens with zero attached hydrogens (tertiary/aromatic N) is 2. The summed E-state index contributed by atoms with van der Waals surface area (Å²) in [5, 5.41) is 23.2. The van der Waals surface area contributed by atoms with Crippen molar-refractivity contribution in [2.45, 2.75) is 31.3 Å². The van der Waals surface area contributed by atoms with Gasteiger partial charge in [0.1, 0.15) is 18.9 Å². The Morgan fingerprint density at radius 3 is 2.37 bits per heavy atom. The maximum atomic E-state index is 13.2. The molecule has 4 N–H and O–H groups in total. The van der Waals surface area contributed by atoms with Crippen molar-refractivity contribution in [2.75, 3.05) is 19.3 Å². The zero-order valence-electron chi connectivity index (χ0n) is 18.2. The molecule has 0 unspecified atom stereocenters. The van der Waals surface area contributed by atoms with Gasteiger partial charge in [0.05, 0.1) is 28.8 Å². The number of benzene rings is 1. The van der Waals surface area contributed by atoms with Gasteiger partial charge in [-0.3, -0.25) is 24.2 Å². The van der Waals surface area contributed by atoms with Gasteiger partial charge in [0.25, 0.3) is 11.8 Å². The minimum Gasteiger partial charge on any atom is -0.505 e. The van der Waals surface area contributed by atoms with Crippen LogP contribution in [0.2, 0.25) is 10.0 Å². The quantitative estimate of drug-likeness (QED) is 0.299. The number of carboxylic acid groups (broad SMARTS) is 1. The Morgan fingerprint density at radius 2 is 1.86 bits per heavy atom. The first kappa shape index (κ1) is 28.3. The Hall–Kier alpha value is -2.94. The number of aromatic hydroxyl groups is 1. The standard InChI is InChI=1S/C19H22Cl2N4O9S/c1-35(33,34)25-4-2-3-14(23-18(31)10-5-12(20)17(30)13(21)6-10)19(32)24(25)8-15(27)22-11(9-26)7-16(28)29/h5-6,9,11,14,30H,2-4,7-8H2,1H3,(H,22,27)(H,23,31)(H,28,29)/t11-,14-/m0/s1. The number of halogens is 2. The first-order valence-corrected chi connectivity index (χ1v) is 12.6. The van der Waals surface area contributed by atoms with Crippen molar-refractivity contribution in [3.63, 3.8) is 0 Å². The lowest BCUT2D eigenvalue weighted by Crippen LogP contribution is -2.57. The Morgan fingerprint density at radius 1 is 1.26 bits per heavy atom. The first-order valence-electron chi connectivity index (χ1n) is 9.99. The molecule has 0 aliphatic carbocycles. The Kier molecular flexibility index (Phi) is 9.43. The van der Waals surface area contributed by atoms with Crippen LogP contribution in [-0.4, -0.2) is 89.5 Å². The Bertz CT molecular complexity index is 1120. The highest BCUT2D eigenvalue weighted by molar-refractivity contribution is 7.88. The number of hydrazine groups is 1. The molecule has 1 aliphatic rings. The number of amides is 3. The van der Waals surface area contributed by atoms with E-state index in [2.05, 4.69) is 10.6 Å². The predicted octanol–water partition coefficient (Wildman–Crippen LogP) is -0.245. The number of nitrogens with one attached hydrogen (secondary N) is 2. The third-order valence-corrected chi connectivity index (χ3v) is 6.55. The number of carbonyl (C=O) groups is 5. The molecule has 1 aromatic carbocycles. The number of rotatable bonds is 9. The van der Waals surface area contributed by atoms with Gasteiger partial charge in [-0.1, -0.05) is 23.2 Å². The van der Waals surface area contributed by atoms with E-state index in [-0.39, 0.29) is 41.3 Å². The lowest BCUT2D eigenvalue weighted by molar-refractivity contribution is -0.147. The number of carboxylic acids is 1. The monoisotopic (exact) mass is 552 g/mol. The zero-order chi connectivity index (χ0) is 26.5. The molecular formula is C19H22Cl2N4O9S. The largest absolute Gasteiger partial charge is 0.505 e. The molecule has 0 bridgehead atoms. The van der Waals surface area contributed by atoms with Crippen LogP contribution in [0.15, 0.2) is 12.1 Å². The average molecular weight is 553 g/mol. The summed E-state index contributed by atoms with van der Waals surface area (Å²) in [5.41, 5.74) is -0.0818. The van der Waals surface area contributed by atoms with Gasteiger partial charge in [0.2, 0.25) is 15.9 Å². The second-order valence-electron chi connectivity index (χ2n) is 7.57. The minimum absolute atomic E-state index is 0.0181. The summed E-state index contributed by atoms with van der Waals surface area (Å²) in [6.07, 6.45) is 0.458. The molecule has 0 radical (unpaired) electrons. The Balaban J connectivity index is 2.27. The van der Waals surface area contributed by atoms with Crippen molar-refractivity contribution in [1.82, 2.24) is 20.1 Å². The normalized spacial score (nSPS) is 17.9. The lowest BCUT2D eigenvalue weighted by Gasteiger charge is -2.32.